The molecule has 4 aliphatic rings. The van der Waals surface area contributed by atoms with Gasteiger partial charge in [0.15, 0.2) is 0 Å². The van der Waals surface area contributed by atoms with E-state index in [0.29, 0.717) is 5.92 Å². The van der Waals surface area contributed by atoms with Crippen LogP contribution in [0, 0.1) is 34.5 Å². The number of fused-ring (bicyclic) bond motifs is 5. The summed E-state index contributed by atoms with van der Waals surface area (Å²) < 4.78 is 0. The van der Waals surface area contributed by atoms with Gasteiger partial charge in [-0.3, -0.25) is 0 Å². The zero-order valence-corrected chi connectivity index (χ0v) is 13.5. The van der Waals surface area contributed by atoms with Gasteiger partial charge in [-0.15, -0.1) is 0 Å². The molecule has 0 saturated heterocycles. The Hall–Kier alpha value is -0.340. The van der Waals surface area contributed by atoms with Crippen LogP contribution in [0.2, 0.25) is 0 Å². The fourth-order valence-corrected chi connectivity index (χ4v) is 6.76. The molecule has 118 valence electrons. The predicted octanol–water partition coefficient (Wildman–Crippen LogP) is 3.53. The van der Waals surface area contributed by atoms with Crippen LogP contribution in [-0.2, 0) is 0 Å². The summed E-state index contributed by atoms with van der Waals surface area (Å²) in [7, 11) is 0. The van der Waals surface area contributed by atoms with E-state index < -0.39 is 0 Å². The van der Waals surface area contributed by atoms with E-state index in [-0.39, 0.29) is 23.0 Å². The summed E-state index contributed by atoms with van der Waals surface area (Å²) in [5.41, 5.74) is 0.472. The number of hydrogen-bond acceptors (Lipinski definition) is 2. The maximum absolute atomic E-state index is 10.5. The van der Waals surface area contributed by atoms with Crippen molar-refractivity contribution in [2.45, 2.75) is 71.0 Å². The number of aliphatic hydroxyl groups excluding tert-OH is 2. The Labute approximate surface area is 128 Å². The van der Waals surface area contributed by atoms with Gasteiger partial charge in [0.1, 0.15) is 0 Å². The molecule has 4 aliphatic carbocycles. The van der Waals surface area contributed by atoms with Crippen molar-refractivity contribution in [3.05, 3.63) is 12.2 Å². The third kappa shape index (κ3) is 1.84. The van der Waals surface area contributed by atoms with Crippen molar-refractivity contribution >= 4 is 0 Å². The van der Waals surface area contributed by atoms with Gasteiger partial charge in [-0.05, 0) is 79.4 Å². The monoisotopic (exact) mass is 290 g/mol. The van der Waals surface area contributed by atoms with Gasteiger partial charge in [0, 0.05) is 0 Å². The Morgan fingerprint density at radius 1 is 0.952 bits per heavy atom. The van der Waals surface area contributed by atoms with Gasteiger partial charge in [0.25, 0.3) is 0 Å². The Balaban J connectivity index is 1.67. The Kier molecular flexibility index (Phi) is 3.11. The first-order chi connectivity index (χ1) is 9.95. The van der Waals surface area contributed by atoms with Gasteiger partial charge in [-0.1, -0.05) is 26.0 Å². The van der Waals surface area contributed by atoms with Crippen molar-refractivity contribution in [3.63, 3.8) is 0 Å². The average molecular weight is 290 g/mol. The highest BCUT2D eigenvalue weighted by atomic mass is 16.3. The van der Waals surface area contributed by atoms with Crippen LogP contribution >= 0.6 is 0 Å². The SMILES string of the molecule is C[C@]12C=C[C@H](O)C[C@H]1CC[C@@H]1[C@@H]2CC[C@]2(C)[C@@H](O)CC[C@@H]12. The second-order valence-corrected chi connectivity index (χ2v) is 8.82. The molecule has 0 bridgehead atoms. The molecule has 2 heteroatoms. The number of allylic oxidation sites excluding steroid dienone is 1. The normalized spacial score (nSPS) is 59.2. The van der Waals surface area contributed by atoms with E-state index in [1.165, 1.54) is 32.1 Å². The van der Waals surface area contributed by atoms with E-state index in [9.17, 15) is 10.2 Å². The molecule has 2 N–H and O–H groups in total. The van der Waals surface area contributed by atoms with Crippen LogP contribution in [0.25, 0.3) is 0 Å². The van der Waals surface area contributed by atoms with E-state index in [1.807, 2.05) is 0 Å². The first-order valence-corrected chi connectivity index (χ1v) is 9.00. The lowest BCUT2D eigenvalue weighted by molar-refractivity contribution is -0.0994. The first kappa shape index (κ1) is 14.3. The minimum Gasteiger partial charge on any atom is -0.393 e. The second kappa shape index (κ2) is 4.58. The van der Waals surface area contributed by atoms with Crippen LogP contribution in [0.3, 0.4) is 0 Å². The molecule has 0 aromatic heterocycles. The van der Waals surface area contributed by atoms with Crippen LogP contribution in [0.1, 0.15) is 58.8 Å². The van der Waals surface area contributed by atoms with E-state index in [1.54, 1.807) is 0 Å². The fraction of sp³-hybridized carbons (Fsp3) is 0.895. The first-order valence-electron chi connectivity index (χ1n) is 9.00. The summed E-state index contributed by atoms with van der Waals surface area (Å²) in [6.45, 7) is 4.80. The van der Waals surface area contributed by atoms with E-state index in [0.717, 1.165) is 30.6 Å². The van der Waals surface area contributed by atoms with Crippen molar-refractivity contribution in [1.82, 2.24) is 0 Å². The standard InChI is InChI=1S/C19H30O2/c1-18-9-7-13(20)11-12(18)3-4-14-15-5-6-17(21)19(15,2)10-8-16(14)18/h7,9,12-17,20-21H,3-6,8,10-11H2,1-2H3/t12-,13+,14+,15+,16+,17+,18+,19+/m1/s1. The summed E-state index contributed by atoms with van der Waals surface area (Å²) in [4.78, 5) is 0. The Bertz CT molecular complexity index is 458. The van der Waals surface area contributed by atoms with Crippen molar-refractivity contribution in [2.75, 3.05) is 0 Å². The number of rotatable bonds is 0. The van der Waals surface area contributed by atoms with Crippen molar-refractivity contribution in [1.29, 1.82) is 0 Å². The molecule has 8 atom stereocenters. The minimum atomic E-state index is -0.221. The van der Waals surface area contributed by atoms with Crippen LogP contribution in [0.4, 0.5) is 0 Å². The maximum Gasteiger partial charge on any atom is 0.0724 e. The summed E-state index contributed by atoms with van der Waals surface area (Å²) in [5, 5.41) is 20.4. The zero-order valence-electron chi connectivity index (χ0n) is 13.5. The van der Waals surface area contributed by atoms with Crippen molar-refractivity contribution in [2.24, 2.45) is 34.5 Å². The Morgan fingerprint density at radius 2 is 1.76 bits per heavy atom. The molecule has 3 fully saturated rings. The van der Waals surface area contributed by atoms with Crippen LogP contribution in [0.5, 0.6) is 0 Å². The Morgan fingerprint density at radius 3 is 2.57 bits per heavy atom. The number of aliphatic hydroxyl groups is 2. The largest absolute Gasteiger partial charge is 0.393 e. The van der Waals surface area contributed by atoms with E-state index in [4.69, 9.17) is 0 Å². The minimum absolute atomic E-state index is 0.0716. The average Bonchev–Trinajstić information content (AvgIpc) is 2.76. The zero-order chi connectivity index (χ0) is 14.8. The molecule has 0 spiro atoms. The van der Waals surface area contributed by atoms with Crippen LogP contribution in [0.15, 0.2) is 12.2 Å². The molecule has 0 amide bonds. The molecular formula is C19H30O2. The highest BCUT2D eigenvalue weighted by Gasteiger charge is 2.59. The van der Waals surface area contributed by atoms with Crippen molar-refractivity contribution in [3.8, 4) is 0 Å². The molecule has 0 radical (unpaired) electrons. The lowest BCUT2D eigenvalue weighted by Crippen LogP contribution is -2.53. The van der Waals surface area contributed by atoms with Crippen LogP contribution < -0.4 is 0 Å². The van der Waals surface area contributed by atoms with E-state index >= 15 is 0 Å². The van der Waals surface area contributed by atoms with Gasteiger partial charge in [-0.25, -0.2) is 0 Å². The topological polar surface area (TPSA) is 40.5 Å². The molecule has 21 heavy (non-hydrogen) atoms. The molecule has 4 rings (SSSR count). The van der Waals surface area contributed by atoms with Gasteiger partial charge < -0.3 is 10.2 Å². The fourth-order valence-electron chi connectivity index (χ4n) is 6.76. The predicted molar refractivity (Wildman–Crippen MR) is 83.6 cm³/mol. The quantitative estimate of drug-likeness (QED) is 0.670. The lowest BCUT2D eigenvalue weighted by Gasteiger charge is -2.59. The molecule has 0 aromatic carbocycles. The highest BCUT2D eigenvalue weighted by Crippen LogP contribution is 2.65. The molecule has 0 unspecified atom stereocenters. The second-order valence-electron chi connectivity index (χ2n) is 8.82. The molecule has 3 saturated carbocycles. The molecule has 0 aromatic rings. The molecular weight excluding hydrogens is 260 g/mol. The lowest BCUT2D eigenvalue weighted by atomic mass is 9.46. The molecule has 0 heterocycles. The van der Waals surface area contributed by atoms with Gasteiger partial charge >= 0.3 is 0 Å². The molecule has 0 aliphatic heterocycles. The smallest absolute Gasteiger partial charge is 0.0724 e. The third-order valence-electron chi connectivity index (χ3n) is 8.12. The summed E-state index contributed by atoms with van der Waals surface area (Å²) in [6.07, 6.45) is 12.4. The maximum atomic E-state index is 10.5. The highest BCUT2D eigenvalue weighted by molar-refractivity contribution is 5.17. The summed E-state index contributed by atoms with van der Waals surface area (Å²) >= 11 is 0. The van der Waals surface area contributed by atoms with E-state index in [2.05, 4.69) is 26.0 Å². The van der Waals surface area contributed by atoms with Gasteiger partial charge in [0.2, 0.25) is 0 Å². The third-order valence-corrected chi connectivity index (χ3v) is 8.12. The van der Waals surface area contributed by atoms with Crippen LogP contribution in [-0.4, -0.2) is 22.4 Å². The molecule has 2 nitrogen and oxygen atoms in total. The summed E-state index contributed by atoms with van der Waals surface area (Å²) in [6, 6.07) is 0. The number of hydrogen-bond donors (Lipinski definition) is 2. The van der Waals surface area contributed by atoms with Crippen molar-refractivity contribution < 1.29 is 10.2 Å². The summed E-state index contributed by atoms with van der Waals surface area (Å²) in [5.74, 6) is 2.95. The van der Waals surface area contributed by atoms with Gasteiger partial charge in [0.05, 0.1) is 12.2 Å². The van der Waals surface area contributed by atoms with Gasteiger partial charge in [-0.2, -0.15) is 0 Å².